The van der Waals surface area contributed by atoms with Crippen LogP contribution >= 0.6 is 23.5 Å². The first kappa shape index (κ1) is 15.5. The van der Waals surface area contributed by atoms with Crippen molar-refractivity contribution in [3.05, 3.63) is 11.8 Å². The number of aryl methyl sites for hydroxylation is 1. The number of hydrogen-bond acceptors (Lipinski definition) is 6. The fourth-order valence-corrected chi connectivity index (χ4v) is 4.43. The summed E-state index contributed by atoms with van der Waals surface area (Å²) in [5.74, 6) is 3.38. The molecule has 1 fully saturated rings. The molecule has 6 nitrogen and oxygen atoms in total. The minimum Gasteiger partial charge on any atom is -0.479 e. The van der Waals surface area contributed by atoms with Crippen LogP contribution in [0.5, 0.6) is 5.88 Å². The molecular formula is C12H19N3O3S2. The van der Waals surface area contributed by atoms with Gasteiger partial charge in [0, 0.05) is 42.8 Å². The van der Waals surface area contributed by atoms with Crippen molar-refractivity contribution in [2.24, 2.45) is 7.05 Å². The molecule has 0 unspecified atom stereocenters. The zero-order chi connectivity index (χ0) is 14.6. The predicted octanol–water partition coefficient (Wildman–Crippen LogP) is 0.370. The number of hydrogen-bond donors (Lipinski definition) is 2. The van der Waals surface area contributed by atoms with E-state index >= 15 is 0 Å². The van der Waals surface area contributed by atoms with E-state index in [1.807, 2.05) is 0 Å². The quantitative estimate of drug-likeness (QED) is 0.835. The third kappa shape index (κ3) is 3.83. The number of amides is 1. The van der Waals surface area contributed by atoms with Crippen LogP contribution in [0.2, 0.25) is 0 Å². The van der Waals surface area contributed by atoms with E-state index in [2.05, 4.69) is 10.4 Å². The van der Waals surface area contributed by atoms with Crippen molar-refractivity contribution >= 4 is 29.4 Å². The molecule has 0 saturated carbocycles. The molecule has 1 saturated heterocycles. The largest absolute Gasteiger partial charge is 0.479 e. The van der Waals surface area contributed by atoms with E-state index in [0.29, 0.717) is 22.9 Å². The molecule has 0 radical (unpaired) electrons. The number of thioether (sulfide) groups is 2. The van der Waals surface area contributed by atoms with Gasteiger partial charge in [0.25, 0.3) is 5.91 Å². The van der Waals surface area contributed by atoms with Gasteiger partial charge in [-0.1, -0.05) is 0 Å². The molecule has 1 aliphatic heterocycles. The Kier molecular flexibility index (Phi) is 5.22. The van der Waals surface area contributed by atoms with Crippen LogP contribution in [0.4, 0.5) is 0 Å². The summed E-state index contributed by atoms with van der Waals surface area (Å²) < 4.78 is 6.59. The lowest BCUT2D eigenvalue weighted by molar-refractivity contribution is 0.0751. The third-order valence-corrected chi connectivity index (χ3v) is 5.65. The number of nitrogens with zero attached hydrogens (tertiary/aromatic N) is 2. The van der Waals surface area contributed by atoms with E-state index in [1.165, 1.54) is 11.8 Å². The van der Waals surface area contributed by atoms with E-state index in [0.717, 1.165) is 11.5 Å². The molecule has 1 amide bonds. The van der Waals surface area contributed by atoms with Gasteiger partial charge in [-0.15, -0.1) is 5.10 Å². The summed E-state index contributed by atoms with van der Waals surface area (Å²) in [4.78, 5) is 12.1. The monoisotopic (exact) mass is 317 g/mol. The highest BCUT2D eigenvalue weighted by Gasteiger charge is 2.30. The Balaban J connectivity index is 1.97. The van der Waals surface area contributed by atoms with E-state index < -0.39 is 5.60 Å². The average Bonchev–Trinajstić information content (AvgIpc) is 2.67. The van der Waals surface area contributed by atoms with Gasteiger partial charge in [-0.05, 0) is 0 Å². The molecule has 112 valence electrons. The Morgan fingerprint density at radius 2 is 2.20 bits per heavy atom. The van der Waals surface area contributed by atoms with E-state index in [1.54, 1.807) is 36.8 Å². The lowest BCUT2D eigenvalue weighted by Crippen LogP contribution is -2.46. The summed E-state index contributed by atoms with van der Waals surface area (Å²) >= 11 is 3.44. The second-order valence-corrected chi connectivity index (χ2v) is 6.95. The summed E-state index contributed by atoms with van der Waals surface area (Å²) in [6.07, 6.45) is 1.61. The third-order valence-electron chi connectivity index (χ3n) is 2.92. The Morgan fingerprint density at radius 1 is 1.55 bits per heavy atom. The standard InChI is InChI=1S/C12H19N3O3S2/c1-15-5-9(11(14-15)18-2)10(16)13-6-12(17)7-19-3-4-20-8-12/h5,17H,3-4,6-8H2,1-2H3,(H,13,16). The van der Waals surface area contributed by atoms with Gasteiger partial charge < -0.3 is 15.2 Å². The molecule has 8 heteroatoms. The fraction of sp³-hybridized carbons (Fsp3) is 0.667. The van der Waals surface area contributed by atoms with Gasteiger partial charge in [0.2, 0.25) is 5.88 Å². The van der Waals surface area contributed by atoms with Crippen molar-refractivity contribution in [1.29, 1.82) is 0 Å². The molecule has 0 aliphatic carbocycles. The molecule has 2 N–H and O–H groups in total. The van der Waals surface area contributed by atoms with Crippen LogP contribution in [-0.2, 0) is 7.05 Å². The van der Waals surface area contributed by atoms with Gasteiger partial charge in [-0.25, -0.2) is 0 Å². The van der Waals surface area contributed by atoms with Crippen LogP contribution in [-0.4, -0.2) is 63.1 Å². The van der Waals surface area contributed by atoms with E-state index in [-0.39, 0.29) is 12.5 Å². The molecule has 0 bridgehead atoms. The number of methoxy groups -OCH3 is 1. The van der Waals surface area contributed by atoms with Crippen LogP contribution in [0.15, 0.2) is 6.20 Å². The summed E-state index contributed by atoms with van der Waals surface area (Å²) in [7, 11) is 3.21. The molecular weight excluding hydrogens is 298 g/mol. The molecule has 20 heavy (non-hydrogen) atoms. The maximum absolute atomic E-state index is 12.1. The Labute approximate surface area is 126 Å². The molecule has 1 aromatic heterocycles. The topological polar surface area (TPSA) is 76.4 Å². The zero-order valence-corrected chi connectivity index (χ0v) is 13.2. The van der Waals surface area contributed by atoms with E-state index in [9.17, 15) is 9.90 Å². The highest BCUT2D eigenvalue weighted by molar-refractivity contribution is 8.03. The summed E-state index contributed by atoms with van der Waals surface area (Å²) in [6.45, 7) is 0.240. The smallest absolute Gasteiger partial charge is 0.258 e. The number of ether oxygens (including phenoxy) is 1. The van der Waals surface area contributed by atoms with Crippen molar-refractivity contribution in [3.63, 3.8) is 0 Å². The van der Waals surface area contributed by atoms with Crippen molar-refractivity contribution < 1.29 is 14.6 Å². The van der Waals surface area contributed by atoms with Crippen molar-refractivity contribution in [2.75, 3.05) is 36.7 Å². The average molecular weight is 317 g/mol. The first-order valence-corrected chi connectivity index (χ1v) is 8.59. The number of rotatable bonds is 4. The minimum atomic E-state index is -0.850. The first-order valence-electron chi connectivity index (χ1n) is 6.28. The molecule has 0 atom stereocenters. The van der Waals surface area contributed by atoms with E-state index in [4.69, 9.17) is 4.74 Å². The van der Waals surface area contributed by atoms with Crippen molar-refractivity contribution in [2.45, 2.75) is 5.60 Å². The van der Waals surface area contributed by atoms with Crippen LogP contribution < -0.4 is 10.1 Å². The first-order chi connectivity index (χ1) is 9.54. The van der Waals surface area contributed by atoms with Gasteiger partial charge in [0.15, 0.2) is 0 Å². The number of aromatic nitrogens is 2. The maximum atomic E-state index is 12.1. The summed E-state index contributed by atoms with van der Waals surface area (Å²) in [5.41, 5.74) is -0.468. The van der Waals surface area contributed by atoms with Crippen molar-refractivity contribution in [1.82, 2.24) is 15.1 Å². The predicted molar refractivity (Wildman–Crippen MR) is 81.7 cm³/mol. The SMILES string of the molecule is COc1nn(C)cc1C(=O)NCC1(O)CSCCSC1. The van der Waals surface area contributed by atoms with Crippen LogP contribution in [0.1, 0.15) is 10.4 Å². The highest BCUT2D eigenvalue weighted by Crippen LogP contribution is 2.24. The lowest BCUT2D eigenvalue weighted by Gasteiger charge is -2.25. The summed E-state index contributed by atoms with van der Waals surface area (Å²) in [5, 5.41) is 17.3. The molecule has 0 aromatic carbocycles. The van der Waals surface area contributed by atoms with Gasteiger partial charge in [0.1, 0.15) is 5.56 Å². The maximum Gasteiger partial charge on any atom is 0.258 e. The molecule has 0 spiro atoms. The number of carbonyl (C=O) groups excluding carboxylic acids is 1. The second kappa shape index (κ2) is 6.73. The Hall–Kier alpha value is -0.860. The number of nitrogens with one attached hydrogen (secondary N) is 1. The molecule has 2 heterocycles. The van der Waals surface area contributed by atoms with Gasteiger partial charge in [0.05, 0.1) is 12.7 Å². The normalized spacial score (nSPS) is 18.4. The Morgan fingerprint density at radius 3 is 2.80 bits per heavy atom. The highest BCUT2D eigenvalue weighted by atomic mass is 32.2. The fourth-order valence-electron chi connectivity index (χ4n) is 1.90. The van der Waals surface area contributed by atoms with Crippen molar-refractivity contribution in [3.8, 4) is 5.88 Å². The molecule has 1 aliphatic rings. The van der Waals surface area contributed by atoms with Gasteiger partial charge in [-0.2, -0.15) is 23.5 Å². The van der Waals surface area contributed by atoms with Gasteiger partial charge in [-0.3, -0.25) is 9.48 Å². The van der Waals surface area contributed by atoms with Crippen LogP contribution in [0.25, 0.3) is 0 Å². The van der Waals surface area contributed by atoms with Crippen LogP contribution in [0, 0.1) is 0 Å². The van der Waals surface area contributed by atoms with Gasteiger partial charge >= 0.3 is 0 Å². The molecule has 1 aromatic rings. The minimum absolute atomic E-state index is 0.240. The summed E-state index contributed by atoms with van der Waals surface area (Å²) in [6, 6.07) is 0. The number of aliphatic hydroxyl groups is 1. The lowest BCUT2D eigenvalue weighted by atomic mass is 10.1. The molecule has 2 rings (SSSR count). The second-order valence-electron chi connectivity index (χ2n) is 4.74. The zero-order valence-electron chi connectivity index (χ0n) is 11.6. The van der Waals surface area contributed by atoms with Crippen LogP contribution in [0.3, 0.4) is 0 Å². The Bertz CT molecular complexity index is 471. The number of carbonyl (C=O) groups is 1.